The summed E-state index contributed by atoms with van der Waals surface area (Å²) in [6, 6.07) is 0. The van der Waals surface area contributed by atoms with Crippen LogP contribution in [0.1, 0.15) is 90.9 Å². The Morgan fingerprint density at radius 3 is 1.21 bits per heavy atom. The summed E-state index contributed by atoms with van der Waals surface area (Å²) in [5.74, 6) is 0. The van der Waals surface area contributed by atoms with E-state index in [-0.39, 0.29) is 0 Å². The molecule has 0 nitrogen and oxygen atoms in total. The summed E-state index contributed by atoms with van der Waals surface area (Å²) in [4.78, 5) is 0. The Balaban J connectivity index is 3.36. The third-order valence-electron chi connectivity index (χ3n) is 3.59. The quantitative estimate of drug-likeness (QED) is 0.198. The Labute approximate surface area is 133 Å². The molecule has 0 rings (SSSR count). The van der Waals surface area contributed by atoms with Gasteiger partial charge >= 0.3 is 134 Å². The molecule has 0 aliphatic heterocycles. The maximum atomic E-state index is 6.57. The van der Waals surface area contributed by atoms with Crippen molar-refractivity contribution in [1.29, 1.82) is 0 Å². The summed E-state index contributed by atoms with van der Waals surface area (Å²) >= 11 is -2.42. The van der Waals surface area contributed by atoms with Crippen LogP contribution in [0, 0.1) is 0 Å². The zero-order valence-corrected chi connectivity index (χ0v) is 16.9. The van der Waals surface area contributed by atoms with E-state index in [1.807, 2.05) is 0 Å². The van der Waals surface area contributed by atoms with Crippen LogP contribution < -0.4 is 0 Å². The van der Waals surface area contributed by atoms with E-state index in [9.17, 15) is 0 Å². The fraction of sp³-hybridized carbons (Fsp3) is 1.00. The number of hydrogen-bond acceptors (Lipinski definition) is 0. The third kappa shape index (κ3) is 15.6. The maximum absolute atomic E-state index is 6.57. The van der Waals surface area contributed by atoms with E-state index in [4.69, 9.17) is 17.9 Å². The average molecular weight is 425 g/mol. The van der Waals surface area contributed by atoms with Gasteiger partial charge in [0.25, 0.3) is 0 Å². The fourth-order valence-electron chi connectivity index (χ4n) is 2.29. The van der Waals surface area contributed by atoms with Crippen molar-refractivity contribution in [2.24, 2.45) is 0 Å². The summed E-state index contributed by atoms with van der Waals surface area (Å²) in [6.07, 6.45) is 16.1. The van der Waals surface area contributed by atoms with Crippen molar-refractivity contribution in [3.8, 4) is 0 Å². The molecule has 0 aromatic heterocycles. The van der Waals surface area contributed by atoms with Crippen molar-refractivity contribution in [2.45, 2.75) is 99.8 Å². The molecule has 0 unspecified atom stereocenters. The van der Waals surface area contributed by atoms with E-state index in [0.717, 1.165) is 8.94 Å². The molecule has 0 fully saturated rings. The average Bonchev–Trinajstić information content (AvgIpc) is 2.38. The van der Waals surface area contributed by atoms with Gasteiger partial charge in [0.05, 0.1) is 0 Å². The zero-order valence-electron chi connectivity index (χ0n) is 13.1. The molecule has 0 saturated heterocycles. The van der Waals surface area contributed by atoms with E-state index >= 15 is 0 Å². The van der Waals surface area contributed by atoms with Gasteiger partial charge in [0.15, 0.2) is 0 Å². The number of rotatable bonds is 14. The number of hydrogen-bond donors (Lipinski definition) is 0. The van der Waals surface area contributed by atoms with Gasteiger partial charge in [-0.1, -0.05) is 0 Å². The SMILES string of the molecule is CCCCCCCC[Te](Cl)(Cl)CCCCCCCC. The second kappa shape index (κ2) is 14.3. The summed E-state index contributed by atoms with van der Waals surface area (Å²) in [6.45, 7) is 4.52. The Bertz CT molecular complexity index is 166. The first-order valence-electron chi connectivity index (χ1n) is 8.30. The minimum absolute atomic E-state index is 1.16. The van der Waals surface area contributed by atoms with E-state index in [2.05, 4.69) is 13.8 Å². The molecule has 0 aliphatic carbocycles. The van der Waals surface area contributed by atoms with Crippen LogP contribution in [0.5, 0.6) is 0 Å². The predicted molar refractivity (Wildman–Crippen MR) is 93.8 cm³/mol. The minimum atomic E-state index is -2.42. The Kier molecular flexibility index (Phi) is 15.3. The monoisotopic (exact) mass is 426 g/mol. The molecule has 3 heteroatoms. The molecule has 0 atom stereocenters. The van der Waals surface area contributed by atoms with Gasteiger partial charge in [-0.3, -0.25) is 0 Å². The van der Waals surface area contributed by atoms with Gasteiger partial charge in [0, 0.05) is 0 Å². The fourth-order valence-corrected chi connectivity index (χ4v) is 9.38. The van der Waals surface area contributed by atoms with Crippen molar-refractivity contribution in [2.75, 3.05) is 0 Å². The summed E-state index contributed by atoms with van der Waals surface area (Å²) in [5, 5.41) is 0. The van der Waals surface area contributed by atoms with E-state index in [1.165, 1.54) is 77.0 Å². The first-order valence-corrected chi connectivity index (χ1v) is 17.5. The van der Waals surface area contributed by atoms with Crippen LogP contribution in [-0.4, -0.2) is 15.9 Å². The van der Waals surface area contributed by atoms with Crippen molar-refractivity contribution in [3.05, 3.63) is 0 Å². The molecule has 0 bridgehead atoms. The molecule has 0 aromatic rings. The molecule has 0 radical (unpaired) electrons. The number of halogens is 2. The normalized spacial score (nSPS) is 12.8. The predicted octanol–water partition coefficient (Wildman–Crippen LogP) is 7.63. The molecule has 0 N–H and O–H groups in total. The van der Waals surface area contributed by atoms with Crippen molar-refractivity contribution >= 4 is 33.9 Å². The molecule has 0 spiro atoms. The van der Waals surface area contributed by atoms with E-state index < -0.39 is 15.9 Å². The Hall–Kier alpha value is 1.37. The first kappa shape index (κ1) is 20.4. The van der Waals surface area contributed by atoms with Gasteiger partial charge in [0.1, 0.15) is 0 Å². The second-order valence-corrected chi connectivity index (χ2v) is 20.9. The van der Waals surface area contributed by atoms with Gasteiger partial charge in [-0.05, 0) is 0 Å². The molecule has 0 amide bonds. The van der Waals surface area contributed by atoms with Gasteiger partial charge in [-0.2, -0.15) is 0 Å². The second-order valence-electron chi connectivity index (χ2n) is 5.64. The molecule has 19 heavy (non-hydrogen) atoms. The third-order valence-corrected chi connectivity index (χ3v) is 12.8. The number of unbranched alkanes of at least 4 members (excludes halogenated alkanes) is 10. The topological polar surface area (TPSA) is 0 Å². The van der Waals surface area contributed by atoms with E-state index in [0.29, 0.717) is 0 Å². The van der Waals surface area contributed by atoms with Crippen LogP contribution in [0.2, 0.25) is 8.94 Å². The van der Waals surface area contributed by atoms with E-state index in [1.54, 1.807) is 0 Å². The molecule has 0 aromatic carbocycles. The van der Waals surface area contributed by atoms with Crippen LogP contribution in [0.15, 0.2) is 0 Å². The first-order chi connectivity index (χ1) is 9.12. The van der Waals surface area contributed by atoms with Crippen molar-refractivity contribution in [1.82, 2.24) is 0 Å². The molecular formula is C16H34Cl2Te. The molecule has 118 valence electrons. The summed E-state index contributed by atoms with van der Waals surface area (Å²) < 4.78 is 2.32. The van der Waals surface area contributed by atoms with Crippen molar-refractivity contribution in [3.63, 3.8) is 0 Å². The zero-order chi connectivity index (χ0) is 14.4. The van der Waals surface area contributed by atoms with Gasteiger partial charge in [-0.15, -0.1) is 0 Å². The van der Waals surface area contributed by atoms with Crippen LogP contribution in [-0.2, 0) is 0 Å². The van der Waals surface area contributed by atoms with Gasteiger partial charge in [0.2, 0.25) is 0 Å². The van der Waals surface area contributed by atoms with Crippen LogP contribution in [0.3, 0.4) is 0 Å². The molecular weight excluding hydrogens is 391 g/mol. The van der Waals surface area contributed by atoms with Crippen LogP contribution >= 0.6 is 17.9 Å². The summed E-state index contributed by atoms with van der Waals surface area (Å²) in [7, 11) is 13.1. The molecule has 0 saturated carbocycles. The summed E-state index contributed by atoms with van der Waals surface area (Å²) in [5.41, 5.74) is 0. The van der Waals surface area contributed by atoms with Crippen molar-refractivity contribution < 1.29 is 0 Å². The Morgan fingerprint density at radius 2 is 0.842 bits per heavy atom. The van der Waals surface area contributed by atoms with Gasteiger partial charge in [-0.25, -0.2) is 0 Å². The molecule has 0 heterocycles. The standard InChI is InChI=1S/C16H34Cl2Te/c1-3-5-7-9-11-13-15-19(17,18)16-14-12-10-8-6-4-2/h3-16H2,1-2H3. The Morgan fingerprint density at radius 1 is 0.526 bits per heavy atom. The van der Waals surface area contributed by atoms with Crippen LogP contribution in [0.4, 0.5) is 0 Å². The molecule has 0 aliphatic rings. The van der Waals surface area contributed by atoms with Gasteiger partial charge < -0.3 is 0 Å². The van der Waals surface area contributed by atoms with Crippen LogP contribution in [0.25, 0.3) is 0 Å².